The first-order valence-corrected chi connectivity index (χ1v) is 6.02. The Labute approximate surface area is 117 Å². The fourth-order valence-corrected chi connectivity index (χ4v) is 1.83. The van der Waals surface area contributed by atoms with Crippen LogP contribution in [0.2, 0.25) is 0 Å². The molecular formula is C13H16N4O3. The number of carbonyl (C=O) groups excluding carboxylic acids is 1. The smallest absolute Gasteiger partial charge is 0.293 e. The van der Waals surface area contributed by atoms with Crippen LogP contribution in [0.1, 0.15) is 17.3 Å². The Morgan fingerprint density at radius 1 is 1.60 bits per heavy atom. The fourth-order valence-electron chi connectivity index (χ4n) is 1.83. The molecule has 0 spiro atoms. The lowest BCUT2D eigenvalue weighted by atomic mass is 10.1. The van der Waals surface area contributed by atoms with Crippen LogP contribution in [0.4, 0.5) is 11.4 Å². The van der Waals surface area contributed by atoms with Gasteiger partial charge in [0.2, 0.25) is 0 Å². The minimum Gasteiger partial charge on any atom is -0.368 e. The van der Waals surface area contributed by atoms with Gasteiger partial charge in [-0.05, 0) is 19.1 Å². The van der Waals surface area contributed by atoms with E-state index in [9.17, 15) is 14.9 Å². The highest BCUT2D eigenvalue weighted by atomic mass is 16.6. The second-order valence-electron chi connectivity index (χ2n) is 4.45. The molecule has 106 valence electrons. The van der Waals surface area contributed by atoms with Crippen LogP contribution in [-0.2, 0) is 0 Å². The summed E-state index contributed by atoms with van der Waals surface area (Å²) in [4.78, 5) is 23.7. The Bertz CT molecular complexity index is 565. The number of nitriles is 1. The number of carbonyl (C=O) groups is 1. The van der Waals surface area contributed by atoms with Gasteiger partial charge in [-0.25, -0.2) is 0 Å². The van der Waals surface area contributed by atoms with Crippen molar-refractivity contribution in [3.05, 3.63) is 33.9 Å². The van der Waals surface area contributed by atoms with Crippen LogP contribution in [0.3, 0.4) is 0 Å². The maximum Gasteiger partial charge on any atom is 0.293 e. The summed E-state index contributed by atoms with van der Waals surface area (Å²) in [5, 5.41) is 22.3. The predicted molar refractivity (Wildman–Crippen MR) is 74.5 cm³/mol. The minimum atomic E-state index is -0.532. The van der Waals surface area contributed by atoms with Gasteiger partial charge in [-0.2, -0.15) is 5.26 Å². The molecule has 1 unspecified atom stereocenters. The Balaban J connectivity index is 3.17. The molecule has 20 heavy (non-hydrogen) atoms. The first-order chi connectivity index (χ1) is 9.40. The lowest BCUT2D eigenvalue weighted by molar-refractivity contribution is -0.384. The van der Waals surface area contributed by atoms with E-state index in [1.54, 1.807) is 18.9 Å². The van der Waals surface area contributed by atoms with E-state index in [1.165, 1.54) is 25.2 Å². The molecule has 1 aromatic rings. The summed E-state index contributed by atoms with van der Waals surface area (Å²) in [5.41, 5.74) is 0.452. The highest BCUT2D eigenvalue weighted by molar-refractivity contribution is 5.95. The molecule has 7 nitrogen and oxygen atoms in total. The zero-order chi connectivity index (χ0) is 15.3. The van der Waals surface area contributed by atoms with Crippen molar-refractivity contribution in [3.63, 3.8) is 0 Å². The molecule has 0 aliphatic rings. The van der Waals surface area contributed by atoms with Gasteiger partial charge in [0.25, 0.3) is 11.6 Å². The van der Waals surface area contributed by atoms with Crippen molar-refractivity contribution in [2.24, 2.45) is 5.92 Å². The number of nitrogens with one attached hydrogen (secondary N) is 1. The van der Waals surface area contributed by atoms with Crippen LogP contribution >= 0.6 is 0 Å². The van der Waals surface area contributed by atoms with Crippen molar-refractivity contribution in [2.75, 3.05) is 25.5 Å². The van der Waals surface area contributed by atoms with Crippen molar-refractivity contribution in [3.8, 4) is 6.07 Å². The molecule has 1 aromatic carbocycles. The van der Waals surface area contributed by atoms with E-state index < -0.39 is 4.92 Å². The van der Waals surface area contributed by atoms with Gasteiger partial charge >= 0.3 is 0 Å². The average Bonchev–Trinajstić information content (AvgIpc) is 2.45. The van der Waals surface area contributed by atoms with Crippen molar-refractivity contribution in [1.82, 2.24) is 5.32 Å². The number of nitrogens with zero attached hydrogens (tertiary/aromatic N) is 3. The van der Waals surface area contributed by atoms with Crippen LogP contribution < -0.4 is 10.2 Å². The third kappa shape index (κ3) is 3.45. The third-order valence-corrected chi connectivity index (χ3v) is 2.84. The number of hydrogen-bond donors (Lipinski definition) is 1. The molecule has 1 atom stereocenters. The second kappa shape index (κ2) is 6.52. The Hall–Kier alpha value is -2.62. The number of amides is 1. The Morgan fingerprint density at radius 2 is 2.25 bits per heavy atom. The molecule has 0 aliphatic heterocycles. The lowest BCUT2D eigenvalue weighted by Gasteiger charge is -2.20. The lowest BCUT2D eigenvalue weighted by Crippen LogP contribution is -2.24. The zero-order valence-electron chi connectivity index (χ0n) is 11.6. The van der Waals surface area contributed by atoms with Crippen LogP contribution in [0, 0.1) is 27.4 Å². The summed E-state index contributed by atoms with van der Waals surface area (Å²) in [7, 11) is 3.14. The van der Waals surface area contributed by atoms with Gasteiger partial charge in [0.05, 0.1) is 16.9 Å². The quantitative estimate of drug-likeness (QED) is 0.649. The third-order valence-electron chi connectivity index (χ3n) is 2.84. The molecule has 0 fully saturated rings. The average molecular weight is 276 g/mol. The normalized spacial score (nSPS) is 11.3. The topological polar surface area (TPSA) is 99.3 Å². The summed E-state index contributed by atoms with van der Waals surface area (Å²) >= 11 is 0. The molecular weight excluding hydrogens is 260 g/mol. The van der Waals surface area contributed by atoms with Gasteiger partial charge < -0.3 is 10.2 Å². The van der Waals surface area contributed by atoms with Crippen molar-refractivity contribution in [2.45, 2.75) is 6.92 Å². The first-order valence-electron chi connectivity index (χ1n) is 6.02. The molecule has 1 amide bonds. The van der Waals surface area contributed by atoms with Crippen molar-refractivity contribution >= 4 is 17.3 Å². The van der Waals surface area contributed by atoms with E-state index in [1.807, 2.05) is 0 Å². The maximum atomic E-state index is 11.5. The van der Waals surface area contributed by atoms with Crippen LogP contribution in [0.25, 0.3) is 0 Å². The summed E-state index contributed by atoms with van der Waals surface area (Å²) in [6, 6.07) is 6.36. The highest BCUT2D eigenvalue weighted by Crippen LogP contribution is 2.29. The fraction of sp³-hybridized carbons (Fsp3) is 0.385. The Morgan fingerprint density at radius 3 is 2.75 bits per heavy atom. The molecule has 1 N–H and O–H groups in total. The zero-order valence-corrected chi connectivity index (χ0v) is 11.6. The summed E-state index contributed by atoms with van der Waals surface area (Å²) in [6.07, 6.45) is 0. The van der Waals surface area contributed by atoms with Crippen LogP contribution in [-0.4, -0.2) is 31.5 Å². The van der Waals surface area contributed by atoms with Crippen LogP contribution in [0.5, 0.6) is 0 Å². The maximum absolute atomic E-state index is 11.5. The molecule has 0 heterocycles. The number of rotatable bonds is 5. The number of nitro groups is 1. The van der Waals surface area contributed by atoms with E-state index in [-0.39, 0.29) is 23.1 Å². The molecule has 7 heteroatoms. The van der Waals surface area contributed by atoms with Gasteiger partial charge in [0, 0.05) is 32.3 Å². The number of benzene rings is 1. The number of nitro benzene ring substituents is 1. The summed E-state index contributed by atoms with van der Waals surface area (Å²) < 4.78 is 0. The minimum absolute atomic E-state index is 0.154. The number of hydrogen-bond acceptors (Lipinski definition) is 5. The molecule has 0 bridgehead atoms. The molecule has 0 aliphatic carbocycles. The standard InChI is InChI=1S/C13H16N4O3/c1-9(7-14)8-16(3)11-5-4-10(13(18)15-2)6-12(11)17(19)20/h4-6,9H,8H2,1-3H3,(H,15,18). The largest absolute Gasteiger partial charge is 0.368 e. The molecule has 1 rings (SSSR count). The second-order valence-corrected chi connectivity index (χ2v) is 4.45. The summed E-state index contributed by atoms with van der Waals surface area (Å²) in [5.74, 6) is -0.633. The monoisotopic (exact) mass is 276 g/mol. The SMILES string of the molecule is CNC(=O)c1ccc(N(C)CC(C)C#N)c([N+](=O)[O-])c1. The molecule has 0 radical (unpaired) electrons. The van der Waals surface area contributed by atoms with Crippen LogP contribution in [0.15, 0.2) is 18.2 Å². The highest BCUT2D eigenvalue weighted by Gasteiger charge is 2.20. The van der Waals surface area contributed by atoms with E-state index in [0.29, 0.717) is 12.2 Å². The van der Waals surface area contributed by atoms with Crippen molar-refractivity contribution < 1.29 is 9.72 Å². The van der Waals surface area contributed by atoms with E-state index in [4.69, 9.17) is 5.26 Å². The first kappa shape index (κ1) is 15.4. The molecule has 0 saturated heterocycles. The van der Waals surface area contributed by atoms with Gasteiger partial charge in [-0.1, -0.05) is 0 Å². The van der Waals surface area contributed by atoms with E-state index >= 15 is 0 Å². The van der Waals surface area contributed by atoms with Gasteiger partial charge in [-0.15, -0.1) is 0 Å². The van der Waals surface area contributed by atoms with Gasteiger partial charge in [-0.3, -0.25) is 14.9 Å². The van der Waals surface area contributed by atoms with Gasteiger partial charge in [0.1, 0.15) is 5.69 Å². The number of anilines is 1. The molecule has 0 saturated carbocycles. The Kier molecular flexibility index (Phi) is 5.03. The summed E-state index contributed by atoms with van der Waals surface area (Å²) in [6.45, 7) is 2.11. The predicted octanol–water partition coefficient (Wildman–Crippen LogP) is 1.55. The van der Waals surface area contributed by atoms with E-state index in [0.717, 1.165) is 0 Å². The van der Waals surface area contributed by atoms with Gasteiger partial charge in [0.15, 0.2) is 0 Å². The molecule has 0 aromatic heterocycles. The van der Waals surface area contributed by atoms with E-state index in [2.05, 4.69) is 11.4 Å². The van der Waals surface area contributed by atoms with Crippen molar-refractivity contribution in [1.29, 1.82) is 5.26 Å².